The van der Waals surface area contributed by atoms with Crippen molar-refractivity contribution in [3.63, 3.8) is 0 Å². The molecule has 1 heterocycles. The van der Waals surface area contributed by atoms with Gasteiger partial charge in [-0.15, -0.1) is 11.3 Å². The van der Waals surface area contributed by atoms with Gasteiger partial charge in [0.25, 0.3) is 10.0 Å². The summed E-state index contributed by atoms with van der Waals surface area (Å²) in [5.41, 5.74) is 1.04. The summed E-state index contributed by atoms with van der Waals surface area (Å²) < 4.78 is 26.9. The Balaban J connectivity index is 2.01. The van der Waals surface area contributed by atoms with Crippen LogP contribution in [0.4, 0.5) is 0 Å². The predicted octanol–water partition coefficient (Wildman–Crippen LogP) is 2.52. The van der Waals surface area contributed by atoms with Crippen molar-refractivity contribution in [1.29, 1.82) is 0 Å². The summed E-state index contributed by atoms with van der Waals surface area (Å²) >= 11 is 1.32. The van der Waals surface area contributed by atoms with Crippen LogP contribution in [0.5, 0.6) is 0 Å². The van der Waals surface area contributed by atoms with Crippen molar-refractivity contribution in [3.8, 4) is 0 Å². The first-order chi connectivity index (χ1) is 9.30. The molecule has 1 fully saturated rings. The lowest BCUT2D eigenvalue weighted by Gasteiger charge is -2.15. The van der Waals surface area contributed by atoms with E-state index in [0.717, 1.165) is 12.0 Å². The van der Waals surface area contributed by atoms with Gasteiger partial charge >= 0.3 is 0 Å². The third-order valence-electron chi connectivity index (χ3n) is 3.78. The van der Waals surface area contributed by atoms with Gasteiger partial charge in [0.05, 0.1) is 0 Å². The highest BCUT2D eigenvalue weighted by atomic mass is 32.2. The minimum absolute atomic E-state index is 0.397. The molecule has 0 bridgehead atoms. The Morgan fingerprint density at radius 1 is 1.50 bits per heavy atom. The van der Waals surface area contributed by atoms with Crippen LogP contribution in [0.2, 0.25) is 0 Å². The standard InChI is InChI=1S/C14H24N2O2S2/c1-10(2)15-7-12-6-14(19-9-12)20(17,18)16(4)8-13-5-11(13)3/h6,9-11,13,15H,5,7-8H2,1-4H3. The lowest BCUT2D eigenvalue weighted by molar-refractivity contribution is 0.446. The second-order valence-corrected chi connectivity index (χ2v) is 9.25. The zero-order valence-electron chi connectivity index (χ0n) is 12.6. The average molecular weight is 316 g/mol. The number of rotatable bonds is 7. The Kier molecular flexibility index (Phi) is 4.89. The molecule has 1 saturated carbocycles. The van der Waals surface area contributed by atoms with Crippen molar-refractivity contribution in [1.82, 2.24) is 9.62 Å². The summed E-state index contributed by atoms with van der Waals surface area (Å²) in [4.78, 5) is 0. The first-order valence-electron chi connectivity index (χ1n) is 7.08. The minimum Gasteiger partial charge on any atom is -0.310 e. The van der Waals surface area contributed by atoms with Gasteiger partial charge < -0.3 is 5.32 Å². The van der Waals surface area contributed by atoms with Gasteiger partial charge in [-0.1, -0.05) is 20.8 Å². The van der Waals surface area contributed by atoms with E-state index in [1.807, 2.05) is 5.38 Å². The summed E-state index contributed by atoms with van der Waals surface area (Å²) in [5, 5.41) is 5.23. The molecule has 4 nitrogen and oxygen atoms in total. The highest BCUT2D eigenvalue weighted by molar-refractivity contribution is 7.91. The van der Waals surface area contributed by atoms with Gasteiger partial charge in [-0.05, 0) is 35.3 Å². The molecule has 0 saturated heterocycles. The van der Waals surface area contributed by atoms with Gasteiger partial charge in [0.15, 0.2) is 0 Å². The molecule has 2 unspecified atom stereocenters. The van der Waals surface area contributed by atoms with Gasteiger partial charge in [0.1, 0.15) is 4.21 Å². The number of nitrogens with one attached hydrogen (secondary N) is 1. The molecule has 2 rings (SSSR count). The van der Waals surface area contributed by atoms with Gasteiger partial charge in [-0.3, -0.25) is 0 Å². The van der Waals surface area contributed by atoms with E-state index in [-0.39, 0.29) is 0 Å². The maximum Gasteiger partial charge on any atom is 0.252 e. The molecule has 0 radical (unpaired) electrons. The molecule has 0 aromatic carbocycles. The smallest absolute Gasteiger partial charge is 0.252 e. The van der Waals surface area contributed by atoms with Crippen LogP contribution in [0.15, 0.2) is 15.7 Å². The zero-order chi connectivity index (χ0) is 14.9. The summed E-state index contributed by atoms with van der Waals surface area (Å²) in [5.74, 6) is 1.21. The van der Waals surface area contributed by atoms with Crippen LogP contribution in [-0.2, 0) is 16.6 Å². The Morgan fingerprint density at radius 2 is 2.15 bits per heavy atom. The second kappa shape index (κ2) is 6.13. The molecule has 0 aliphatic heterocycles. The van der Waals surface area contributed by atoms with Gasteiger partial charge in [-0.25, -0.2) is 8.42 Å². The van der Waals surface area contributed by atoms with E-state index in [0.29, 0.717) is 35.2 Å². The Hall–Kier alpha value is -0.430. The molecule has 6 heteroatoms. The summed E-state index contributed by atoms with van der Waals surface area (Å²) in [6.07, 6.45) is 1.15. The summed E-state index contributed by atoms with van der Waals surface area (Å²) in [7, 11) is -1.62. The second-order valence-electron chi connectivity index (χ2n) is 6.07. The number of hydrogen-bond donors (Lipinski definition) is 1. The molecule has 1 N–H and O–H groups in total. The molecular formula is C14H24N2O2S2. The van der Waals surface area contributed by atoms with Crippen molar-refractivity contribution < 1.29 is 8.42 Å². The van der Waals surface area contributed by atoms with E-state index in [1.165, 1.54) is 15.6 Å². The summed E-state index contributed by atoms with van der Waals surface area (Å²) in [6, 6.07) is 2.19. The molecule has 20 heavy (non-hydrogen) atoms. The maximum atomic E-state index is 12.5. The van der Waals surface area contributed by atoms with Crippen LogP contribution in [0, 0.1) is 11.8 Å². The number of sulfonamides is 1. The fourth-order valence-electron chi connectivity index (χ4n) is 2.14. The van der Waals surface area contributed by atoms with Crippen molar-refractivity contribution in [2.24, 2.45) is 11.8 Å². The molecule has 0 spiro atoms. The normalized spacial score (nSPS) is 22.7. The van der Waals surface area contributed by atoms with Crippen molar-refractivity contribution in [2.45, 2.75) is 44.0 Å². The van der Waals surface area contributed by atoms with Crippen LogP contribution < -0.4 is 5.32 Å². The van der Waals surface area contributed by atoms with E-state index in [9.17, 15) is 8.42 Å². The molecule has 1 aliphatic carbocycles. The molecular weight excluding hydrogens is 292 g/mol. The predicted molar refractivity (Wildman–Crippen MR) is 83.4 cm³/mol. The number of nitrogens with zero attached hydrogens (tertiary/aromatic N) is 1. The molecule has 114 valence electrons. The van der Waals surface area contributed by atoms with Crippen LogP contribution in [0.1, 0.15) is 32.8 Å². The van der Waals surface area contributed by atoms with Gasteiger partial charge in [0.2, 0.25) is 0 Å². The lowest BCUT2D eigenvalue weighted by Crippen LogP contribution is -2.28. The van der Waals surface area contributed by atoms with E-state index in [1.54, 1.807) is 13.1 Å². The third-order valence-corrected chi connectivity index (χ3v) is 7.06. The summed E-state index contributed by atoms with van der Waals surface area (Å²) in [6.45, 7) is 7.68. The van der Waals surface area contributed by atoms with Crippen molar-refractivity contribution in [2.75, 3.05) is 13.6 Å². The zero-order valence-corrected chi connectivity index (χ0v) is 14.2. The fourth-order valence-corrected chi connectivity index (χ4v) is 4.78. The van der Waals surface area contributed by atoms with Crippen LogP contribution in [0.25, 0.3) is 0 Å². The molecule has 0 amide bonds. The molecule has 1 aromatic heterocycles. The lowest BCUT2D eigenvalue weighted by atomic mass is 10.3. The topological polar surface area (TPSA) is 49.4 Å². The first-order valence-corrected chi connectivity index (χ1v) is 9.39. The fraction of sp³-hybridized carbons (Fsp3) is 0.714. The monoisotopic (exact) mass is 316 g/mol. The SMILES string of the molecule is CC(C)NCc1csc(S(=O)(=O)N(C)CC2CC2C)c1. The van der Waals surface area contributed by atoms with E-state index < -0.39 is 10.0 Å². The van der Waals surface area contributed by atoms with Gasteiger partial charge in [-0.2, -0.15) is 4.31 Å². The van der Waals surface area contributed by atoms with E-state index >= 15 is 0 Å². The first kappa shape index (κ1) is 15.9. The Morgan fingerprint density at radius 3 is 2.70 bits per heavy atom. The van der Waals surface area contributed by atoms with Crippen molar-refractivity contribution >= 4 is 21.4 Å². The maximum absolute atomic E-state index is 12.5. The highest BCUT2D eigenvalue weighted by Gasteiger charge is 2.36. The minimum atomic E-state index is -3.31. The average Bonchev–Trinajstić information content (AvgIpc) is 2.89. The van der Waals surface area contributed by atoms with Gasteiger partial charge in [0, 0.05) is 26.2 Å². The van der Waals surface area contributed by atoms with Crippen LogP contribution in [-0.4, -0.2) is 32.4 Å². The number of hydrogen-bond acceptors (Lipinski definition) is 4. The van der Waals surface area contributed by atoms with Crippen LogP contribution in [0.3, 0.4) is 0 Å². The largest absolute Gasteiger partial charge is 0.310 e. The molecule has 1 aromatic rings. The van der Waals surface area contributed by atoms with Crippen LogP contribution >= 0.6 is 11.3 Å². The van der Waals surface area contributed by atoms with E-state index in [2.05, 4.69) is 26.1 Å². The van der Waals surface area contributed by atoms with Crippen molar-refractivity contribution in [3.05, 3.63) is 17.0 Å². The highest BCUT2D eigenvalue weighted by Crippen LogP contribution is 2.39. The quantitative estimate of drug-likeness (QED) is 0.841. The molecule has 1 aliphatic rings. The Bertz CT molecular complexity index is 551. The number of thiophene rings is 1. The third kappa shape index (κ3) is 3.81. The Labute approximate surface area is 126 Å². The molecule has 2 atom stereocenters. The van der Waals surface area contributed by atoms with E-state index in [4.69, 9.17) is 0 Å².